The number of nitrogens with zero attached hydrogens (tertiary/aromatic N) is 7. The van der Waals surface area contributed by atoms with Crippen LogP contribution >= 0.6 is 11.6 Å². The van der Waals surface area contributed by atoms with E-state index >= 15 is 0 Å². The van der Waals surface area contributed by atoms with E-state index in [1.54, 1.807) is 23.3 Å². The van der Waals surface area contributed by atoms with Gasteiger partial charge in [0.05, 0.1) is 47.1 Å². The van der Waals surface area contributed by atoms with E-state index in [0.29, 0.717) is 18.2 Å². The lowest BCUT2D eigenvalue weighted by molar-refractivity contribution is 0.101. The normalized spacial score (nSPS) is 13.9. The number of nitrogens with one attached hydrogen (secondary N) is 1. The molecule has 202 valence electrons. The molecule has 1 aliphatic heterocycles. The van der Waals surface area contributed by atoms with Crippen molar-refractivity contribution in [2.45, 2.75) is 32.4 Å². The summed E-state index contributed by atoms with van der Waals surface area (Å²) in [6, 6.07) is 1.99. The lowest BCUT2D eigenvalue weighted by Crippen LogP contribution is -2.38. The quantitative estimate of drug-likeness (QED) is 0.326. The predicted octanol–water partition coefficient (Wildman–Crippen LogP) is 4.42. The molecule has 3 aromatic heterocycles. The molecule has 0 radical (unpaired) electrons. The number of anilines is 2. The molecular formula is C25H22ClF3N8O2. The first-order valence-corrected chi connectivity index (χ1v) is 12.3. The van der Waals surface area contributed by atoms with Gasteiger partial charge in [0.2, 0.25) is 5.95 Å². The van der Waals surface area contributed by atoms with Crippen LogP contribution in [0, 0.1) is 5.82 Å². The standard InChI is InChI=1S/C25H22ClF3N8O2/c1-13(38)21-22(35-18(10-30-21)19-16(23(28)29)3-4-17(26)20(19)27)24(39)34-15-9-33-37(12-15)11-14-7-31-25(32-8-14)36-5-2-6-36/h3-4,7-10,12-13,23,38H,2,5-6,11H2,1H3,(H,34,39)/t13-/m0/s1. The molecule has 0 saturated carbocycles. The molecular weight excluding hydrogens is 537 g/mol. The zero-order chi connectivity index (χ0) is 27.7. The van der Waals surface area contributed by atoms with Crippen LogP contribution in [0.1, 0.15) is 53.2 Å². The summed E-state index contributed by atoms with van der Waals surface area (Å²) in [6.45, 7) is 3.58. The van der Waals surface area contributed by atoms with Crippen LogP contribution in [0.3, 0.4) is 0 Å². The van der Waals surface area contributed by atoms with E-state index in [-0.39, 0.29) is 17.1 Å². The van der Waals surface area contributed by atoms with Gasteiger partial charge in [0.15, 0.2) is 11.5 Å². The van der Waals surface area contributed by atoms with Gasteiger partial charge in [0, 0.05) is 48.4 Å². The Hall–Kier alpha value is -4.10. The first kappa shape index (κ1) is 26.5. The third kappa shape index (κ3) is 5.54. The Balaban J connectivity index is 1.38. The molecule has 4 aromatic rings. The smallest absolute Gasteiger partial charge is 0.276 e. The van der Waals surface area contributed by atoms with E-state index < -0.39 is 40.4 Å². The van der Waals surface area contributed by atoms with Crippen LogP contribution < -0.4 is 10.2 Å². The van der Waals surface area contributed by atoms with Gasteiger partial charge in [-0.2, -0.15) is 5.10 Å². The van der Waals surface area contributed by atoms with Crippen molar-refractivity contribution >= 4 is 29.1 Å². The van der Waals surface area contributed by atoms with Crippen molar-refractivity contribution < 1.29 is 23.1 Å². The number of aromatic nitrogens is 6. The number of hydrogen-bond donors (Lipinski definition) is 2. The maximum Gasteiger partial charge on any atom is 0.276 e. The van der Waals surface area contributed by atoms with Crippen molar-refractivity contribution in [3.63, 3.8) is 0 Å². The first-order valence-electron chi connectivity index (χ1n) is 11.9. The van der Waals surface area contributed by atoms with Crippen LogP contribution in [0.25, 0.3) is 11.3 Å². The molecule has 14 heteroatoms. The Bertz CT molecular complexity index is 1510. The number of aliphatic hydroxyl groups is 1. The molecule has 2 N–H and O–H groups in total. The summed E-state index contributed by atoms with van der Waals surface area (Å²) in [7, 11) is 0. The Kier molecular flexibility index (Phi) is 7.44. The molecule has 5 rings (SSSR count). The molecule has 39 heavy (non-hydrogen) atoms. The van der Waals surface area contributed by atoms with Crippen LogP contribution in [0.15, 0.2) is 43.1 Å². The van der Waals surface area contributed by atoms with Gasteiger partial charge < -0.3 is 15.3 Å². The second kappa shape index (κ2) is 10.9. The van der Waals surface area contributed by atoms with E-state index in [2.05, 4.69) is 35.3 Å². The van der Waals surface area contributed by atoms with E-state index in [1.807, 2.05) is 0 Å². The van der Waals surface area contributed by atoms with Crippen molar-refractivity contribution in [1.82, 2.24) is 29.7 Å². The molecule has 1 saturated heterocycles. The highest BCUT2D eigenvalue weighted by Gasteiger charge is 2.25. The molecule has 0 bridgehead atoms. The number of amides is 1. The Morgan fingerprint density at radius 2 is 1.90 bits per heavy atom. The highest BCUT2D eigenvalue weighted by Crippen LogP contribution is 2.36. The number of hydrogen-bond acceptors (Lipinski definition) is 8. The molecule has 1 atom stereocenters. The third-order valence-electron chi connectivity index (χ3n) is 6.10. The molecule has 0 spiro atoms. The second-order valence-electron chi connectivity index (χ2n) is 8.90. The average Bonchev–Trinajstić information content (AvgIpc) is 3.31. The predicted molar refractivity (Wildman–Crippen MR) is 136 cm³/mol. The fourth-order valence-electron chi connectivity index (χ4n) is 4.00. The van der Waals surface area contributed by atoms with Gasteiger partial charge in [-0.1, -0.05) is 17.7 Å². The third-order valence-corrected chi connectivity index (χ3v) is 6.39. The molecule has 0 unspecified atom stereocenters. The van der Waals surface area contributed by atoms with E-state index in [9.17, 15) is 23.1 Å². The van der Waals surface area contributed by atoms with Crippen molar-refractivity contribution in [2.24, 2.45) is 0 Å². The van der Waals surface area contributed by atoms with Crippen molar-refractivity contribution in [3.05, 3.63) is 76.5 Å². The topological polar surface area (TPSA) is 122 Å². The zero-order valence-corrected chi connectivity index (χ0v) is 21.3. The molecule has 0 aliphatic carbocycles. The summed E-state index contributed by atoms with van der Waals surface area (Å²) in [5.41, 5.74) is -0.972. The molecule has 10 nitrogen and oxygen atoms in total. The van der Waals surface area contributed by atoms with E-state index in [4.69, 9.17) is 11.6 Å². The summed E-state index contributed by atoms with van der Waals surface area (Å²) in [4.78, 5) is 32.0. The van der Waals surface area contributed by atoms with Crippen LogP contribution in [-0.2, 0) is 6.54 Å². The maximum atomic E-state index is 14.8. The number of aliphatic hydroxyl groups excluding tert-OH is 1. The number of carbonyl (C=O) groups is 1. The summed E-state index contributed by atoms with van der Waals surface area (Å²) in [5, 5.41) is 16.6. The number of benzene rings is 1. The van der Waals surface area contributed by atoms with Gasteiger partial charge in [-0.3, -0.25) is 14.5 Å². The number of halogens is 4. The highest BCUT2D eigenvalue weighted by molar-refractivity contribution is 6.31. The van der Waals surface area contributed by atoms with E-state index in [0.717, 1.165) is 43.4 Å². The Labute approximate surface area is 225 Å². The van der Waals surface area contributed by atoms with Crippen LogP contribution in [0.2, 0.25) is 5.02 Å². The highest BCUT2D eigenvalue weighted by atomic mass is 35.5. The molecule has 1 fully saturated rings. The minimum atomic E-state index is -3.04. The van der Waals surface area contributed by atoms with Crippen LogP contribution in [-0.4, -0.2) is 53.8 Å². The maximum absolute atomic E-state index is 14.8. The van der Waals surface area contributed by atoms with Crippen LogP contribution in [0.4, 0.5) is 24.8 Å². The SMILES string of the molecule is C[C@H](O)c1ncc(-c2c(C(F)F)ccc(Cl)c2F)nc1C(=O)Nc1cnn(Cc2cnc(N3CCC3)nc2)c1. The summed E-state index contributed by atoms with van der Waals surface area (Å²) in [6.07, 6.45) is 4.24. The van der Waals surface area contributed by atoms with Gasteiger partial charge >= 0.3 is 0 Å². The second-order valence-corrected chi connectivity index (χ2v) is 9.31. The van der Waals surface area contributed by atoms with Gasteiger partial charge in [-0.05, 0) is 19.4 Å². The van der Waals surface area contributed by atoms with Gasteiger partial charge in [-0.15, -0.1) is 0 Å². The Morgan fingerprint density at radius 1 is 1.15 bits per heavy atom. The first-order chi connectivity index (χ1) is 18.7. The van der Waals surface area contributed by atoms with Crippen molar-refractivity contribution in [1.29, 1.82) is 0 Å². The zero-order valence-electron chi connectivity index (χ0n) is 20.5. The lowest BCUT2D eigenvalue weighted by atomic mass is 10.0. The van der Waals surface area contributed by atoms with Crippen molar-refractivity contribution in [3.8, 4) is 11.3 Å². The van der Waals surface area contributed by atoms with Crippen molar-refractivity contribution in [2.75, 3.05) is 23.3 Å². The number of carbonyl (C=O) groups excluding carboxylic acids is 1. The molecule has 4 heterocycles. The fourth-order valence-corrected chi connectivity index (χ4v) is 4.16. The fraction of sp³-hybridized carbons (Fsp3) is 0.280. The van der Waals surface area contributed by atoms with Gasteiger partial charge in [-0.25, -0.2) is 28.1 Å². The molecule has 1 aliphatic rings. The largest absolute Gasteiger partial charge is 0.387 e. The van der Waals surface area contributed by atoms with Crippen LogP contribution in [0.5, 0.6) is 0 Å². The number of alkyl halides is 2. The monoisotopic (exact) mass is 558 g/mol. The summed E-state index contributed by atoms with van der Waals surface area (Å²) >= 11 is 5.82. The van der Waals surface area contributed by atoms with Gasteiger partial charge in [0.25, 0.3) is 12.3 Å². The van der Waals surface area contributed by atoms with Gasteiger partial charge in [0.1, 0.15) is 0 Å². The lowest BCUT2D eigenvalue weighted by Gasteiger charge is -2.30. The molecule has 1 aromatic carbocycles. The minimum Gasteiger partial charge on any atom is -0.387 e. The summed E-state index contributed by atoms with van der Waals surface area (Å²) < 4.78 is 43.6. The molecule has 1 amide bonds. The van der Waals surface area contributed by atoms with E-state index in [1.165, 1.54) is 13.1 Å². The summed E-state index contributed by atoms with van der Waals surface area (Å²) in [5.74, 6) is -1.25. The minimum absolute atomic E-state index is 0.121. The average molecular weight is 559 g/mol. The number of rotatable bonds is 8. The Morgan fingerprint density at radius 3 is 2.54 bits per heavy atom.